The first-order valence-electron chi connectivity index (χ1n) is 7.34. The number of methoxy groups -OCH3 is 1. The van der Waals surface area contributed by atoms with Gasteiger partial charge in [0.1, 0.15) is 23.2 Å². The zero-order chi connectivity index (χ0) is 18.7. The van der Waals surface area contributed by atoms with Gasteiger partial charge in [-0.25, -0.2) is 4.79 Å². The van der Waals surface area contributed by atoms with Crippen molar-refractivity contribution in [1.29, 1.82) is 5.26 Å². The van der Waals surface area contributed by atoms with E-state index in [0.29, 0.717) is 10.6 Å². The van der Waals surface area contributed by atoms with Crippen molar-refractivity contribution >= 4 is 29.2 Å². The van der Waals surface area contributed by atoms with Crippen molar-refractivity contribution in [2.24, 2.45) is 5.73 Å². The molecule has 8 heteroatoms. The Labute approximate surface area is 155 Å². The van der Waals surface area contributed by atoms with Crippen LogP contribution >= 0.6 is 23.2 Å². The van der Waals surface area contributed by atoms with Gasteiger partial charge in [0.2, 0.25) is 5.88 Å². The summed E-state index contributed by atoms with van der Waals surface area (Å²) in [6.45, 7) is 3.41. The molecule has 1 aromatic rings. The number of nitrogens with zero attached hydrogens (tertiary/aromatic N) is 1. The van der Waals surface area contributed by atoms with Gasteiger partial charge in [-0.2, -0.15) is 5.26 Å². The number of rotatable bonds is 4. The molecule has 0 aliphatic carbocycles. The number of ether oxygens (including phenoxy) is 3. The lowest BCUT2D eigenvalue weighted by Gasteiger charge is -2.28. The second-order valence-corrected chi connectivity index (χ2v) is 5.97. The minimum Gasteiger partial charge on any atom is -0.495 e. The number of nitriles is 1. The van der Waals surface area contributed by atoms with Gasteiger partial charge >= 0.3 is 5.97 Å². The Hall–Kier alpha value is -2.36. The molecular weight excluding hydrogens is 367 g/mol. The van der Waals surface area contributed by atoms with Crippen LogP contribution in [-0.2, 0) is 14.3 Å². The van der Waals surface area contributed by atoms with E-state index in [-0.39, 0.29) is 40.2 Å². The van der Waals surface area contributed by atoms with E-state index < -0.39 is 11.9 Å². The number of esters is 1. The average molecular weight is 383 g/mol. The summed E-state index contributed by atoms with van der Waals surface area (Å²) < 4.78 is 15.8. The fraction of sp³-hybridized carbons (Fsp3) is 0.294. The molecule has 0 bridgehead atoms. The fourth-order valence-electron chi connectivity index (χ4n) is 2.68. The standard InChI is InChI=1S/C17H16Cl2N2O4/c1-4-24-17(22)13-8(2)25-16(21)11(7-20)14(13)10-5-9(18)6-12(19)15(10)23-3/h5-6,14H,4,21H2,1-3H3/t14-/m0/s1. The highest BCUT2D eigenvalue weighted by Gasteiger charge is 2.38. The zero-order valence-corrected chi connectivity index (χ0v) is 15.4. The third-order valence-electron chi connectivity index (χ3n) is 3.65. The first kappa shape index (κ1) is 19.0. The van der Waals surface area contributed by atoms with E-state index in [1.54, 1.807) is 19.9 Å². The van der Waals surface area contributed by atoms with Gasteiger partial charge in [-0.3, -0.25) is 0 Å². The smallest absolute Gasteiger partial charge is 0.338 e. The number of carbonyl (C=O) groups is 1. The highest BCUT2D eigenvalue weighted by Crippen LogP contribution is 2.46. The molecule has 0 saturated carbocycles. The van der Waals surface area contributed by atoms with Crippen molar-refractivity contribution in [3.8, 4) is 11.8 Å². The molecule has 1 atom stereocenters. The van der Waals surface area contributed by atoms with Gasteiger partial charge in [-0.05, 0) is 26.0 Å². The third kappa shape index (κ3) is 3.53. The molecule has 6 nitrogen and oxygen atoms in total. The molecule has 0 unspecified atom stereocenters. The quantitative estimate of drug-likeness (QED) is 0.798. The number of carbonyl (C=O) groups excluding carboxylic acids is 1. The summed E-state index contributed by atoms with van der Waals surface area (Å²) in [5, 5.41) is 10.1. The fourth-order valence-corrected chi connectivity index (χ4v) is 3.26. The molecule has 2 rings (SSSR count). The summed E-state index contributed by atoms with van der Waals surface area (Å²) in [7, 11) is 1.43. The van der Waals surface area contributed by atoms with E-state index in [1.165, 1.54) is 13.2 Å². The normalized spacial score (nSPS) is 17.0. The molecular formula is C17H16Cl2N2O4. The maximum absolute atomic E-state index is 12.5. The number of halogens is 2. The van der Waals surface area contributed by atoms with E-state index in [0.717, 1.165) is 0 Å². The Morgan fingerprint density at radius 3 is 2.68 bits per heavy atom. The van der Waals surface area contributed by atoms with Gasteiger partial charge in [0, 0.05) is 10.6 Å². The van der Waals surface area contributed by atoms with E-state index in [1.807, 2.05) is 6.07 Å². The molecule has 1 aromatic carbocycles. The zero-order valence-electron chi connectivity index (χ0n) is 13.9. The summed E-state index contributed by atoms with van der Waals surface area (Å²) in [6.07, 6.45) is 0. The van der Waals surface area contributed by atoms with Gasteiger partial charge in [0.25, 0.3) is 0 Å². The molecule has 132 valence electrons. The van der Waals surface area contributed by atoms with Gasteiger partial charge in [0.15, 0.2) is 0 Å². The molecule has 1 heterocycles. The number of allylic oxidation sites excluding steroid dienone is 2. The highest BCUT2D eigenvalue weighted by atomic mass is 35.5. The Morgan fingerprint density at radius 1 is 1.44 bits per heavy atom. The Kier molecular flexibility index (Phi) is 5.83. The lowest BCUT2D eigenvalue weighted by atomic mass is 9.82. The number of hydrogen-bond donors (Lipinski definition) is 1. The second kappa shape index (κ2) is 7.68. The average Bonchev–Trinajstić information content (AvgIpc) is 2.53. The molecule has 0 saturated heterocycles. The van der Waals surface area contributed by atoms with Crippen molar-refractivity contribution in [2.75, 3.05) is 13.7 Å². The summed E-state index contributed by atoms with van der Waals surface area (Å²) in [6, 6.07) is 5.06. The van der Waals surface area contributed by atoms with Gasteiger partial charge in [-0.1, -0.05) is 23.2 Å². The molecule has 25 heavy (non-hydrogen) atoms. The Morgan fingerprint density at radius 2 is 2.12 bits per heavy atom. The molecule has 0 spiro atoms. The summed E-state index contributed by atoms with van der Waals surface area (Å²) in [5.41, 5.74) is 6.46. The third-order valence-corrected chi connectivity index (χ3v) is 4.15. The van der Waals surface area contributed by atoms with Crippen LogP contribution in [0, 0.1) is 11.3 Å². The first-order chi connectivity index (χ1) is 11.8. The van der Waals surface area contributed by atoms with Crippen LogP contribution in [0.5, 0.6) is 5.75 Å². The largest absolute Gasteiger partial charge is 0.495 e. The number of hydrogen-bond acceptors (Lipinski definition) is 6. The Balaban J connectivity index is 2.78. The van der Waals surface area contributed by atoms with Gasteiger partial charge in [0.05, 0.1) is 30.2 Å². The minimum absolute atomic E-state index is 0.0466. The van der Waals surface area contributed by atoms with E-state index >= 15 is 0 Å². The van der Waals surface area contributed by atoms with E-state index in [9.17, 15) is 10.1 Å². The van der Waals surface area contributed by atoms with Crippen molar-refractivity contribution in [2.45, 2.75) is 19.8 Å². The molecule has 0 radical (unpaired) electrons. The van der Waals surface area contributed by atoms with Crippen molar-refractivity contribution < 1.29 is 19.0 Å². The molecule has 1 aliphatic heterocycles. The lowest BCUT2D eigenvalue weighted by molar-refractivity contribution is -0.139. The van der Waals surface area contributed by atoms with Crippen molar-refractivity contribution in [3.05, 3.63) is 50.5 Å². The SMILES string of the molecule is CCOC(=O)C1=C(C)OC(N)=C(C#N)[C@@H]1c1cc(Cl)cc(Cl)c1OC. The molecule has 0 aromatic heterocycles. The van der Waals surface area contributed by atoms with Gasteiger partial charge in [-0.15, -0.1) is 0 Å². The molecule has 0 fully saturated rings. The first-order valence-corrected chi connectivity index (χ1v) is 8.09. The molecule has 0 amide bonds. The monoisotopic (exact) mass is 382 g/mol. The van der Waals surface area contributed by atoms with Gasteiger partial charge < -0.3 is 19.9 Å². The second-order valence-electron chi connectivity index (χ2n) is 5.13. The lowest BCUT2D eigenvalue weighted by Crippen LogP contribution is -2.26. The number of benzene rings is 1. The van der Waals surface area contributed by atoms with Crippen molar-refractivity contribution in [1.82, 2.24) is 0 Å². The van der Waals surface area contributed by atoms with Crippen LogP contribution in [0.25, 0.3) is 0 Å². The summed E-state index contributed by atoms with van der Waals surface area (Å²) >= 11 is 12.3. The summed E-state index contributed by atoms with van der Waals surface area (Å²) in [4.78, 5) is 12.5. The van der Waals surface area contributed by atoms with Crippen LogP contribution in [-0.4, -0.2) is 19.7 Å². The predicted octanol–water partition coefficient (Wildman–Crippen LogP) is 3.65. The maximum Gasteiger partial charge on any atom is 0.338 e. The molecule has 1 aliphatic rings. The summed E-state index contributed by atoms with van der Waals surface area (Å²) in [5.74, 6) is -1.07. The highest BCUT2D eigenvalue weighted by molar-refractivity contribution is 6.35. The van der Waals surface area contributed by atoms with Crippen LogP contribution in [0.3, 0.4) is 0 Å². The maximum atomic E-state index is 12.5. The van der Waals surface area contributed by atoms with Crippen LogP contribution in [0.1, 0.15) is 25.3 Å². The van der Waals surface area contributed by atoms with Crippen molar-refractivity contribution in [3.63, 3.8) is 0 Å². The number of nitrogens with two attached hydrogens (primary N) is 1. The van der Waals surface area contributed by atoms with E-state index in [4.69, 9.17) is 43.1 Å². The van der Waals surface area contributed by atoms with E-state index in [2.05, 4.69) is 0 Å². The van der Waals surface area contributed by atoms with Crippen LogP contribution in [0.2, 0.25) is 10.0 Å². The predicted molar refractivity (Wildman–Crippen MR) is 93.0 cm³/mol. The Bertz CT molecular complexity index is 825. The topological polar surface area (TPSA) is 94.6 Å². The molecule has 2 N–H and O–H groups in total. The minimum atomic E-state index is -0.871. The van der Waals surface area contributed by atoms with Crippen LogP contribution in [0.4, 0.5) is 0 Å². The van der Waals surface area contributed by atoms with Crippen LogP contribution in [0.15, 0.2) is 34.9 Å². The van der Waals surface area contributed by atoms with Crippen LogP contribution < -0.4 is 10.5 Å².